The Morgan fingerprint density at radius 3 is 2.30 bits per heavy atom. The van der Waals surface area contributed by atoms with Crippen molar-refractivity contribution >= 4 is 11.8 Å². The monoisotopic (exact) mass is 324 g/mol. The first-order valence-corrected chi connectivity index (χ1v) is 9.01. The minimum absolute atomic E-state index is 0.0355. The second kappa shape index (κ2) is 7.62. The quantitative estimate of drug-likeness (QED) is 0.676. The summed E-state index contributed by atoms with van der Waals surface area (Å²) in [5.41, 5.74) is 0. The van der Waals surface area contributed by atoms with Gasteiger partial charge in [-0.2, -0.15) is 0 Å². The van der Waals surface area contributed by atoms with Gasteiger partial charge in [0.2, 0.25) is 11.8 Å². The molecule has 0 aromatic rings. The third-order valence-corrected chi connectivity index (χ3v) is 5.48. The predicted octanol–water partition coefficient (Wildman–Crippen LogP) is 0.870. The van der Waals surface area contributed by atoms with Gasteiger partial charge >= 0.3 is 0 Å². The Morgan fingerprint density at radius 2 is 1.74 bits per heavy atom. The van der Waals surface area contributed by atoms with Gasteiger partial charge in [0.1, 0.15) is 6.10 Å². The zero-order chi connectivity index (χ0) is 16.2. The molecule has 0 aromatic carbocycles. The van der Waals surface area contributed by atoms with Crippen LogP contribution in [0.25, 0.3) is 0 Å². The van der Waals surface area contributed by atoms with Crippen LogP contribution in [0.1, 0.15) is 57.8 Å². The summed E-state index contributed by atoms with van der Waals surface area (Å²) in [5, 5.41) is 15.6. The van der Waals surface area contributed by atoms with Gasteiger partial charge in [0.15, 0.2) is 0 Å². The number of rotatable bonds is 6. The molecule has 0 aromatic heterocycles. The van der Waals surface area contributed by atoms with Crippen LogP contribution >= 0.6 is 0 Å². The number of aliphatic hydroxyl groups excluding tert-OH is 1. The largest absolute Gasteiger partial charge is 0.394 e. The molecule has 1 saturated heterocycles. The topological polar surface area (TPSA) is 87.7 Å². The average Bonchev–Trinajstić information content (AvgIpc) is 2.42. The van der Waals surface area contributed by atoms with Crippen LogP contribution in [0.5, 0.6) is 0 Å². The lowest BCUT2D eigenvalue weighted by Gasteiger charge is -2.37. The second-order valence-electron chi connectivity index (χ2n) is 7.20. The van der Waals surface area contributed by atoms with E-state index in [2.05, 4.69) is 10.6 Å². The maximum atomic E-state index is 12.1. The highest BCUT2D eigenvalue weighted by molar-refractivity contribution is 5.79. The third kappa shape index (κ3) is 4.23. The Balaban J connectivity index is 1.43. The van der Waals surface area contributed by atoms with E-state index in [0.29, 0.717) is 12.5 Å². The van der Waals surface area contributed by atoms with Crippen molar-refractivity contribution in [1.29, 1.82) is 0 Å². The molecular formula is C17H28N2O4. The zero-order valence-corrected chi connectivity index (χ0v) is 13.6. The van der Waals surface area contributed by atoms with Crippen LogP contribution in [0, 0.1) is 5.92 Å². The molecule has 3 aliphatic rings. The molecule has 0 unspecified atom stereocenters. The van der Waals surface area contributed by atoms with Crippen molar-refractivity contribution in [1.82, 2.24) is 10.6 Å². The van der Waals surface area contributed by atoms with E-state index in [0.717, 1.165) is 44.9 Å². The molecule has 3 rings (SSSR count). The molecule has 2 amide bonds. The van der Waals surface area contributed by atoms with E-state index < -0.39 is 6.10 Å². The highest BCUT2D eigenvalue weighted by atomic mass is 16.5. The van der Waals surface area contributed by atoms with E-state index >= 15 is 0 Å². The number of ether oxygens (including phenoxy) is 1. The molecule has 2 saturated carbocycles. The summed E-state index contributed by atoms with van der Waals surface area (Å²) in [6.45, 7) is -0.129. The van der Waals surface area contributed by atoms with Crippen LogP contribution < -0.4 is 10.6 Å². The minimum Gasteiger partial charge on any atom is -0.394 e. The highest BCUT2D eigenvalue weighted by Gasteiger charge is 2.35. The number of carbonyl (C=O) groups excluding carboxylic acids is 2. The fourth-order valence-corrected chi connectivity index (χ4v) is 3.46. The Kier molecular flexibility index (Phi) is 5.54. The van der Waals surface area contributed by atoms with E-state index in [-0.39, 0.29) is 36.5 Å². The molecule has 6 nitrogen and oxygen atoms in total. The Bertz CT molecular complexity index is 434. The lowest BCUT2D eigenvalue weighted by molar-refractivity contribution is -0.139. The van der Waals surface area contributed by atoms with Crippen molar-refractivity contribution in [2.75, 3.05) is 6.61 Å². The van der Waals surface area contributed by atoms with Crippen LogP contribution in [0.3, 0.4) is 0 Å². The van der Waals surface area contributed by atoms with Gasteiger partial charge in [-0.3, -0.25) is 9.59 Å². The maximum absolute atomic E-state index is 12.1. The van der Waals surface area contributed by atoms with Crippen molar-refractivity contribution in [3.05, 3.63) is 0 Å². The molecular weight excluding hydrogens is 296 g/mol. The van der Waals surface area contributed by atoms with E-state index in [1.54, 1.807) is 0 Å². The van der Waals surface area contributed by atoms with Crippen LogP contribution in [0.15, 0.2) is 0 Å². The highest BCUT2D eigenvalue weighted by Crippen LogP contribution is 2.28. The summed E-state index contributed by atoms with van der Waals surface area (Å²) in [6.07, 6.45) is 7.67. The number of hydrogen-bond donors (Lipinski definition) is 3. The van der Waals surface area contributed by atoms with Gasteiger partial charge in [0, 0.05) is 12.0 Å². The molecule has 6 heteroatoms. The van der Waals surface area contributed by atoms with Crippen molar-refractivity contribution in [3.63, 3.8) is 0 Å². The molecule has 0 bridgehead atoms. The minimum atomic E-state index is -0.408. The predicted molar refractivity (Wildman–Crippen MR) is 84.7 cm³/mol. The molecule has 3 atom stereocenters. The van der Waals surface area contributed by atoms with Crippen LogP contribution in [0.4, 0.5) is 0 Å². The summed E-state index contributed by atoms with van der Waals surface area (Å²) in [6, 6.07) is 0.202. The van der Waals surface area contributed by atoms with Crippen molar-refractivity contribution in [2.24, 2.45) is 5.92 Å². The van der Waals surface area contributed by atoms with Gasteiger partial charge in [-0.15, -0.1) is 0 Å². The fraction of sp³-hybridized carbons (Fsp3) is 0.882. The van der Waals surface area contributed by atoms with E-state index in [9.17, 15) is 14.7 Å². The zero-order valence-electron chi connectivity index (χ0n) is 13.6. The second-order valence-corrected chi connectivity index (χ2v) is 7.20. The Hall–Kier alpha value is -1.14. The van der Waals surface area contributed by atoms with Gasteiger partial charge in [0.25, 0.3) is 0 Å². The van der Waals surface area contributed by atoms with Gasteiger partial charge in [-0.1, -0.05) is 6.42 Å². The smallest absolute Gasteiger partial charge is 0.223 e. The number of aliphatic hydroxyl groups is 1. The first-order chi connectivity index (χ1) is 11.2. The number of carbonyl (C=O) groups is 2. The Labute approximate surface area is 137 Å². The van der Waals surface area contributed by atoms with E-state index in [1.165, 1.54) is 6.42 Å². The first kappa shape index (κ1) is 16.7. The number of nitrogens with one attached hydrogen (secondary N) is 2. The standard InChI is InChI=1S/C17H28N2O4/c20-10-15-14(19-17(22)11-3-1-4-11)8-7-13(23-15)9-16(21)18-12-5-2-6-12/h11-15,20H,1-10H2,(H,18,21)(H,19,22)/t13-,14-,15-/m1/s1. The summed E-state index contributed by atoms with van der Waals surface area (Å²) in [7, 11) is 0. The molecule has 1 heterocycles. The Morgan fingerprint density at radius 1 is 1.00 bits per heavy atom. The summed E-state index contributed by atoms with van der Waals surface area (Å²) < 4.78 is 5.86. The summed E-state index contributed by atoms with van der Waals surface area (Å²) >= 11 is 0. The SMILES string of the molecule is O=C(C[C@H]1CC[C@@H](NC(=O)C2CCC2)[C@@H](CO)O1)NC1CCC1. The average molecular weight is 324 g/mol. The van der Waals surface area contributed by atoms with Gasteiger partial charge < -0.3 is 20.5 Å². The van der Waals surface area contributed by atoms with Gasteiger partial charge in [-0.25, -0.2) is 0 Å². The first-order valence-electron chi connectivity index (χ1n) is 9.01. The lowest BCUT2D eigenvalue weighted by atomic mass is 9.84. The molecule has 0 radical (unpaired) electrons. The lowest BCUT2D eigenvalue weighted by Crippen LogP contribution is -2.53. The maximum Gasteiger partial charge on any atom is 0.223 e. The number of hydrogen-bond acceptors (Lipinski definition) is 4. The van der Waals surface area contributed by atoms with Crippen LogP contribution in [-0.2, 0) is 14.3 Å². The van der Waals surface area contributed by atoms with Crippen LogP contribution in [0.2, 0.25) is 0 Å². The molecule has 3 N–H and O–H groups in total. The molecule has 130 valence electrons. The molecule has 1 aliphatic heterocycles. The molecule has 2 aliphatic carbocycles. The van der Waals surface area contributed by atoms with E-state index in [1.807, 2.05) is 0 Å². The van der Waals surface area contributed by atoms with Crippen LogP contribution in [-0.4, -0.2) is 47.8 Å². The number of amides is 2. The molecule has 0 spiro atoms. The molecule has 3 fully saturated rings. The van der Waals surface area contributed by atoms with Gasteiger partial charge in [-0.05, 0) is 44.9 Å². The third-order valence-electron chi connectivity index (χ3n) is 5.48. The van der Waals surface area contributed by atoms with Crippen molar-refractivity contribution < 1.29 is 19.4 Å². The summed E-state index contributed by atoms with van der Waals surface area (Å²) in [5.74, 6) is 0.262. The van der Waals surface area contributed by atoms with E-state index in [4.69, 9.17) is 4.74 Å². The molecule has 23 heavy (non-hydrogen) atoms. The van der Waals surface area contributed by atoms with Crippen molar-refractivity contribution in [2.45, 2.75) is 82.1 Å². The summed E-state index contributed by atoms with van der Waals surface area (Å²) in [4.78, 5) is 24.0. The normalized spacial score (nSPS) is 31.8. The fourth-order valence-electron chi connectivity index (χ4n) is 3.46. The van der Waals surface area contributed by atoms with Crippen molar-refractivity contribution in [3.8, 4) is 0 Å². The van der Waals surface area contributed by atoms with Gasteiger partial charge in [0.05, 0.1) is 25.2 Å².